The van der Waals surface area contributed by atoms with Crippen molar-refractivity contribution in [2.24, 2.45) is 0 Å². The molecule has 1 heterocycles. The fourth-order valence-electron chi connectivity index (χ4n) is 4.06. The maximum Gasteiger partial charge on any atom is 0.243 e. The molecule has 1 saturated heterocycles. The lowest BCUT2D eigenvalue weighted by atomic mass is 10.0. The first-order chi connectivity index (χ1) is 13.1. The van der Waals surface area contributed by atoms with E-state index in [1.165, 1.54) is 15.4 Å². The van der Waals surface area contributed by atoms with Crippen LogP contribution in [-0.4, -0.2) is 31.2 Å². The number of carbonyl (C=O) groups excluding carboxylic acids is 1. The Kier molecular flexibility index (Phi) is 5.02. The normalized spacial score (nSPS) is 20.2. The molecule has 2 aromatic rings. The zero-order valence-electron chi connectivity index (χ0n) is 15.2. The highest BCUT2D eigenvalue weighted by molar-refractivity contribution is 7.89. The lowest BCUT2D eigenvalue weighted by Gasteiger charge is -2.33. The van der Waals surface area contributed by atoms with Gasteiger partial charge in [0.15, 0.2) is 0 Å². The summed E-state index contributed by atoms with van der Waals surface area (Å²) in [5.74, 6) is -0.243. The molecule has 5 nitrogen and oxygen atoms in total. The second kappa shape index (κ2) is 7.44. The van der Waals surface area contributed by atoms with Crippen LogP contribution in [0, 0.1) is 0 Å². The fourth-order valence-corrected chi connectivity index (χ4v) is 5.74. The Morgan fingerprint density at radius 1 is 0.963 bits per heavy atom. The summed E-state index contributed by atoms with van der Waals surface area (Å²) >= 11 is 0. The molecule has 1 fully saturated rings. The van der Waals surface area contributed by atoms with Gasteiger partial charge in [-0.25, -0.2) is 8.42 Å². The van der Waals surface area contributed by atoms with Crippen LogP contribution < -0.4 is 5.32 Å². The van der Waals surface area contributed by atoms with E-state index in [-0.39, 0.29) is 10.8 Å². The molecule has 1 atom stereocenters. The molecule has 0 bridgehead atoms. The van der Waals surface area contributed by atoms with E-state index in [1.807, 2.05) is 12.1 Å². The first kappa shape index (κ1) is 18.2. The smallest absolute Gasteiger partial charge is 0.243 e. The molecule has 27 heavy (non-hydrogen) atoms. The number of nitrogens with one attached hydrogen (secondary N) is 1. The van der Waals surface area contributed by atoms with Crippen LogP contribution in [-0.2, 0) is 27.7 Å². The number of hydrogen-bond donors (Lipinski definition) is 1. The number of nitrogens with zero attached hydrogens (tertiary/aromatic N) is 1. The zero-order chi connectivity index (χ0) is 18.9. The second-order valence-electron chi connectivity index (χ2n) is 7.27. The van der Waals surface area contributed by atoms with E-state index in [0.29, 0.717) is 13.0 Å². The molecule has 6 heteroatoms. The first-order valence-corrected chi connectivity index (χ1v) is 11.0. The van der Waals surface area contributed by atoms with Crippen LogP contribution in [0.1, 0.15) is 36.8 Å². The van der Waals surface area contributed by atoms with Crippen LogP contribution in [0.25, 0.3) is 0 Å². The van der Waals surface area contributed by atoms with Gasteiger partial charge in [0.2, 0.25) is 15.9 Å². The first-order valence-electron chi connectivity index (χ1n) is 9.55. The Labute approximate surface area is 160 Å². The van der Waals surface area contributed by atoms with Gasteiger partial charge in [0.1, 0.15) is 6.04 Å². The van der Waals surface area contributed by atoms with Gasteiger partial charge in [-0.05, 0) is 67.5 Å². The average Bonchev–Trinajstić information content (AvgIpc) is 3.16. The van der Waals surface area contributed by atoms with Crippen LogP contribution >= 0.6 is 0 Å². The summed E-state index contributed by atoms with van der Waals surface area (Å²) in [6.45, 7) is 0.375. The Bertz CT molecular complexity index is 941. The molecule has 0 unspecified atom stereocenters. The van der Waals surface area contributed by atoms with E-state index >= 15 is 0 Å². The standard InChI is InChI=1S/C21H24N2O3S/c24-21(22-18-13-12-16-7-6-8-17(16)15-18)20-11-4-5-14-23(20)27(25,26)19-9-2-1-3-10-19/h1-3,9-10,12-13,15,20H,4-8,11,14H2,(H,22,24)/t20-/m0/s1. The highest BCUT2D eigenvalue weighted by atomic mass is 32.2. The summed E-state index contributed by atoms with van der Waals surface area (Å²) in [7, 11) is -3.69. The molecule has 0 aromatic heterocycles. The SMILES string of the molecule is O=C(Nc1ccc2c(c1)CCC2)[C@@H]1CCCCN1S(=O)(=O)c1ccccc1. The summed E-state index contributed by atoms with van der Waals surface area (Å²) in [5, 5.41) is 2.95. The van der Waals surface area contributed by atoms with Crippen molar-refractivity contribution in [1.29, 1.82) is 0 Å². The van der Waals surface area contributed by atoms with Crippen LogP contribution in [0.2, 0.25) is 0 Å². The van der Waals surface area contributed by atoms with Gasteiger partial charge >= 0.3 is 0 Å². The lowest BCUT2D eigenvalue weighted by molar-refractivity contribution is -0.120. The lowest BCUT2D eigenvalue weighted by Crippen LogP contribution is -2.49. The molecule has 2 aliphatic rings. The zero-order valence-corrected chi connectivity index (χ0v) is 16.0. The predicted molar refractivity (Wildman–Crippen MR) is 105 cm³/mol. The number of aryl methyl sites for hydroxylation is 2. The number of piperidine rings is 1. The number of carbonyl (C=O) groups is 1. The van der Waals surface area contributed by atoms with Crippen molar-refractivity contribution < 1.29 is 13.2 Å². The molecule has 1 N–H and O–H groups in total. The van der Waals surface area contributed by atoms with Crippen molar-refractivity contribution in [2.75, 3.05) is 11.9 Å². The van der Waals surface area contributed by atoms with Crippen LogP contribution in [0.3, 0.4) is 0 Å². The highest BCUT2D eigenvalue weighted by Gasteiger charge is 2.37. The third-order valence-corrected chi connectivity index (χ3v) is 7.39. The van der Waals surface area contributed by atoms with Crippen LogP contribution in [0.15, 0.2) is 53.4 Å². The third kappa shape index (κ3) is 3.64. The topological polar surface area (TPSA) is 66.5 Å². The molecule has 0 saturated carbocycles. The number of amides is 1. The van der Waals surface area contributed by atoms with Crippen LogP contribution in [0.4, 0.5) is 5.69 Å². The summed E-state index contributed by atoms with van der Waals surface area (Å²) in [6, 6.07) is 13.7. The molecule has 4 rings (SSSR count). The van der Waals surface area contributed by atoms with E-state index < -0.39 is 16.1 Å². The van der Waals surface area contributed by atoms with E-state index in [0.717, 1.165) is 37.8 Å². The maximum absolute atomic E-state index is 13.1. The number of rotatable bonds is 4. The Morgan fingerprint density at radius 3 is 2.56 bits per heavy atom. The van der Waals surface area contributed by atoms with Gasteiger partial charge < -0.3 is 5.32 Å². The van der Waals surface area contributed by atoms with Crippen molar-refractivity contribution in [1.82, 2.24) is 4.31 Å². The molecule has 0 spiro atoms. The van der Waals surface area contributed by atoms with Crippen LogP contribution in [0.5, 0.6) is 0 Å². The van der Waals surface area contributed by atoms with Gasteiger partial charge in [0.25, 0.3) is 0 Å². The summed E-state index contributed by atoms with van der Waals surface area (Å²) in [5.41, 5.74) is 3.38. The third-order valence-electron chi connectivity index (χ3n) is 5.47. The van der Waals surface area contributed by atoms with Gasteiger partial charge in [-0.2, -0.15) is 4.31 Å². The molecule has 1 aliphatic heterocycles. The van der Waals surface area contributed by atoms with Gasteiger partial charge in [-0.15, -0.1) is 0 Å². The predicted octanol–water partition coefficient (Wildman–Crippen LogP) is 3.36. The minimum Gasteiger partial charge on any atom is -0.325 e. The number of sulfonamides is 1. The molecule has 142 valence electrons. The minimum absolute atomic E-state index is 0.238. The fraction of sp³-hybridized carbons (Fsp3) is 0.381. The van der Waals surface area contributed by atoms with E-state index in [1.54, 1.807) is 30.3 Å². The number of hydrogen-bond acceptors (Lipinski definition) is 3. The molecule has 0 radical (unpaired) electrons. The molecular formula is C21H24N2O3S. The Hall–Kier alpha value is -2.18. The second-order valence-corrected chi connectivity index (χ2v) is 9.16. The largest absolute Gasteiger partial charge is 0.325 e. The number of fused-ring (bicyclic) bond motifs is 1. The average molecular weight is 385 g/mol. The molecule has 2 aromatic carbocycles. The molecule has 1 amide bonds. The summed E-state index contributed by atoms with van der Waals surface area (Å²) < 4.78 is 27.5. The van der Waals surface area contributed by atoms with Gasteiger partial charge in [-0.3, -0.25) is 4.79 Å². The van der Waals surface area contributed by atoms with Gasteiger partial charge in [0, 0.05) is 12.2 Å². The summed E-state index contributed by atoms with van der Waals surface area (Å²) in [4.78, 5) is 13.2. The van der Waals surface area contributed by atoms with E-state index in [4.69, 9.17) is 0 Å². The molecule has 1 aliphatic carbocycles. The van der Waals surface area contributed by atoms with Crippen molar-refractivity contribution in [3.63, 3.8) is 0 Å². The quantitative estimate of drug-likeness (QED) is 0.879. The number of anilines is 1. The van der Waals surface area contributed by atoms with Gasteiger partial charge in [-0.1, -0.05) is 30.7 Å². The molecular weight excluding hydrogens is 360 g/mol. The Balaban J connectivity index is 1.56. The van der Waals surface area contributed by atoms with Gasteiger partial charge in [0.05, 0.1) is 4.90 Å². The monoisotopic (exact) mass is 384 g/mol. The van der Waals surface area contributed by atoms with E-state index in [9.17, 15) is 13.2 Å². The minimum atomic E-state index is -3.69. The van der Waals surface area contributed by atoms with Crippen molar-refractivity contribution in [3.05, 3.63) is 59.7 Å². The summed E-state index contributed by atoms with van der Waals surface area (Å²) in [6.07, 6.45) is 5.45. The Morgan fingerprint density at radius 2 is 1.74 bits per heavy atom. The van der Waals surface area contributed by atoms with Crippen molar-refractivity contribution in [3.8, 4) is 0 Å². The maximum atomic E-state index is 13.1. The van der Waals surface area contributed by atoms with Crippen molar-refractivity contribution >= 4 is 21.6 Å². The number of benzene rings is 2. The highest BCUT2D eigenvalue weighted by Crippen LogP contribution is 2.28. The van der Waals surface area contributed by atoms with E-state index in [2.05, 4.69) is 11.4 Å². The van der Waals surface area contributed by atoms with Crippen molar-refractivity contribution in [2.45, 2.75) is 49.5 Å².